The van der Waals surface area contributed by atoms with E-state index in [9.17, 15) is 14.2 Å². The number of unbranched alkanes of at least 4 members (excludes halogenated alkanes) is 16. The second-order valence-corrected chi connectivity index (χ2v) is 11.0. The molecule has 0 aromatic heterocycles. The van der Waals surface area contributed by atoms with Gasteiger partial charge in [0, 0.05) is 12.8 Å². The van der Waals surface area contributed by atoms with Crippen molar-refractivity contribution in [3.8, 4) is 0 Å². The van der Waals surface area contributed by atoms with E-state index < -0.39 is 32.5 Å². The van der Waals surface area contributed by atoms with Crippen LogP contribution < -0.4 is 0 Å². The van der Waals surface area contributed by atoms with Gasteiger partial charge >= 0.3 is 19.8 Å². The molecule has 0 aliphatic rings. The van der Waals surface area contributed by atoms with Gasteiger partial charge in [0.25, 0.3) is 0 Å². The lowest BCUT2D eigenvalue weighted by atomic mass is 10.0. The first kappa shape index (κ1) is 35.0. The maximum absolute atomic E-state index is 12.1. The van der Waals surface area contributed by atoms with Crippen molar-refractivity contribution in [2.24, 2.45) is 0 Å². The summed E-state index contributed by atoms with van der Waals surface area (Å²) in [5.41, 5.74) is 0. The van der Waals surface area contributed by atoms with E-state index in [1.165, 1.54) is 64.2 Å². The van der Waals surface area contributed by atoms with Gasteiger partial charge in [-0.05, 0) is 12.8 Å². The van der Waals surface area contributed by atoms with Crippen molar-refractivity contribution in [3.05, 3.63) is 0 Å². The van der Waals surface area contributed by atoms with E-state index >= 15 is 0 Å². The van der Waals surface area contributed by atoms with Gasteiger partial charge in [-0.1, -0.05) is 117 Å². The normalized spacial score (nSPS) is 12.4. The number of carbonyl (C=O) groups excluding carboxylic acids is 2. The van der Waals surface area contributed by atoms with Gasteiger partial charge < -0.3 is 19.3 Å². The second-order valence-electron chi connectivity index (χ2n) is 9.74. The number of hydrogen-bond acceptors (Lipinski definition) is 6. The van der Waals surface area contributed by atoms with Gasteiger partial charge in [-0.15, -0.1) is 0 Å². The van der Waals surface area contributed by atoms with E-state index in [0.717, 1.165) is 44.9 Å². The molecule has 0 aromatic rings. The number of rotatable bonds is 26. The summed E-state index contributed by atoms with van der Waals surface area (Å²) in [6.45, 7) is 3.54. The van der Waals surface area contributed by atoms with Crippen LogP contribution in [0.25, 0.3) is 0 Å². The third-order valence-electron chi connectivity index (χ3n) is 6.13. The molecule has 2 N–H and O–H groups in total. The number of ether oxygens (including phenoxy) is 2. The predicted molar refractivity (Wildman–Crippen MR) is 143 cm³/mol. The molecule has 0 heterocycles. The third kappa shape index (κ3) is 26.1. The topological polar surface area (TPSA) is 119 Å². The van der Waals surface area contributed by atoms with Gasteiger partial charge in [-0.2, -0.15) is 0 Å². The summed E-state index contributed by atoms with van der Waals surface area (Å²) in [5, 5.41) is 0. The van der Waals surface area contributed by atoms with Crippen LogP contribution in [0, 0.1) is 0 Å². The number of phosphoric ester groups is 1. The highest BCUT2D eigenvalue weighted by atomic mass is 31.2. The average molecular weight is 537 g/mol. The lowest BCUT2D eigenvalue weighted by Gasteiger charge is -2.18. The molecule has 0 bridgehead atoms. The zero-order valence-electron chi connectivity index (χ0n) is 22.9. The summed E-state index contributed by atoms with van der Waals surface area (Å²) >= 11 is 0. The maximum Gasteiger partial charge on any atom is 0.469 e. The maximum atomic E-state index is 12.1. The summed E-state index contributed by atoms with van der Waals surface area (Å²) in [6.07, 6.45) is 20.2. The van der Waals surface area contributed by atoms with Crippen LogP contribution in [-0.2, 0) is 28.2 Å². The monoisotopic (exact) mass is 536 g/mol. The van der Waals surface area contributed by atoms with E-state index in [2.05, 4.69) is 18.4 Å². The molecule has 214 valence electrons. The molecule has 0 aliphatic carbocycles. The van der Waals surface area contributed by atoms with Gasteiger partial charge in [0.2, 0.25) is 0 Å². The van der Waals surface area contributed by atoms with Gasteiger partial charge in [-0.25, -0.2) is 4.57 Å². The summed E-state index contributed by atoms with van der Waals surface area (Å²) in [4.78, 5) is 42.0. The quantitative estimate of drug-likeness (QED) is 0.0667. The highest BCUT2D eigenvalue weighted by Crippen LogP contribution is 2.35. The summed E-state index contributed by atoms with van der Waals surface area (Å²) < 4.78 is 25.9. The fourth-order valence-corrected chi connectivity index (χ4v) is 4.32. The third-order valence-corrected chi connectivity index (χ3v) is 6.61. The molecule has 0 amide bonds. The van der Waals surface area contributed by atoms with Crippen LogP contribution in [0.2, 0.25) is 0 Å². The first-order valence-electron chi connectivity index (χ1n) is 14.3. The Morgan fingerprint density at radius 1 is 0.611 bits per heavy atom. The second kappa shape index (κ2) is 24.4. The largest absolute Gasteiger partial charge is 0.469 e. The Morgan fingerprint density at radius 3 is 1.42 bits per heavy atom. The number of hydrogen-bond donors (Lipinski definition) is 2. The van der Waals surface area contributed by atoms with E-state index in [1.807, 2.05) is 0 Å². The standard InChI is InChI=1S/C27H53O8P/c1-3-5-7-9-10-11-12-13-14-15-16-18-19-21-26(28)33-23-25(24-34-36(30,31)32)35-27(29)22-20-17-8-6-4-2/h25H,3-24H2,1-2H3,(H2,30,31,32)/t25-/m1/s1. The number of esters is 2. The smallest absolute Gasteiger partial charge is 0.462 e. The van der Waals surface area contributed by atoms with Gasteiger partial charge in [0.15, 0.2) is 6.10 Å². The van der Waals surface area contributed by atoms with Crippen LogP contribution in [-0.4, -0.2) is 41.0 Å². The molecule has 0 radical (unpaired) electrons. The van der Waals surface area contributed by atoms with Crippen molar-refractivity contribution in [1.29, 1.82) is 0 Å². The minimum absolute atomic E-state index is 0.211. The molecule has 0 aliphatic heterocycles. The zero-order valence-corrected chi connectivity index (χ0v) is 23.8. The molecule has 8 nitrogen and oxygen atoms in total. The minimum Gasteiger partial charge on any atom is -0.462 e. The van der Waals surface area contributed by atoms with Crippen molar-refractivity contribution in [2.45, 2.75) is 148 Å². The van der Waals surface area contributed by atoms with Crippen LogP contribution in [0.15, 0.2) is 0 Å². The molecule has 0 saturated heterocycles. The van der Waals surface area contributed by atoms with Crippen LogP contribution in [0.1, 0.15) is 142 Å². The lowest BCUT2D eigenvalue weighted by molar-refractivity contribution is -0.161. The Bertz CT molecular complexity index is 578. The van der Waals surface area contributed by atoms with E-state index in [4.69, 9.17) is 19.3 Å². The molecule has 1 atom stereocenters. The summed E-state index contributed by atoms with van der Waals surface area (Å²) in [5.74, 6) is -0.895. The van der Waals surface area contributed by atoms with Gasteiger partial charge in [-0.3, -0.25) is 14.1 Å². The van der Waals surface area contributed by atoms with E-state index in [0.29, 0.717) is 6.42 Å². The fraction of sp³-hybridized carbons (Fsp3) is 0.926. The molecule has 0 fully saturated rings. The molecule has 0 rings (SSSR count). The summed E-state index contributed by atoms with van der Waals surface area (Å²) in [7, 11) is -4.72. The zero-order chi connectivity index (χ0) is 26.9. The Morgan fingerprint density at radius 2 is 1.00 bits per heavy atom. The molecular formula is C27H53O8P. The average Bonchev–Trinajstić information content (AvgIpc) is 2.83. The van der Waals surface area contributed by atoms with Crippen LogP contribution in [0.5, 0.6) is 0 Å². The molecular weight excluding hydrogens is 483 g/mol. The van der Waals surface area contributed by atoms with Crippen LogP contribution >= 0.6 is 7.82 Å². The Balaban J connectivity index is 3.95. The van der Waals surface area contributed by atoms with Crippen LogP contribution in [0.4, 0.5) is 0 Å². The predicted octanol–water partition coefficient (Wildman–Crippen LogP) is 7.39. The first-order valence-corrected chi connectivity index (χ1v) is 15.9. The molecule has 0 saturated carbocycles. The van der Waals surface area contributed by atoms with Crippen molar-refractivity contribution >= 4 is 19.8 Å². The lowest BCUT2D eigenvalue weighted by Crippen LogP contribution is -2.29. The summed E-state index contributed by atoms with van der Waals surface area (Å²) in [6, 6.07) is 0. The van der Waals surface area contributed by atoms with E-state index in [-0.39, 0.29) is 19.4 Å². The molecule has 9 heteroatoms. The van der Waals surface area contributed by atoms with Crippen molar-refractivity contribution in [2.75, 3.05) is 13.2 Å². The van der Waals surface area contributed by atoms with Gasteiger partial charge in [0.05, 0.1) is 6.61 Å². The van der Waals surface area contributed by atoms with Gasteiger partial charge in [0.1, 0.15) is 6.61 Å². The highest BCUT2D eigenvalue weighted by Gasteiger charge is 2.22. The van der Waals surface area contributed by atoms with Crippen molar-refractivity contribution in [1.82, 2.24) is 0 Å². The fourth-order valence-electron chi connectivity index (χ4n) is 3.96. The minimum atomic E-state index is -4.72. The van der Waals surface area contributed by atoms with Crippen LogP contribution in [0.3, 0.4) is 0 Å². The first-order chi connectivity index (χ1) is 17.3. The van der Waals surface area contributed by atoms with E-state index in [1.54, 1.807) is 0 Å². The highest BCUT2D eigenvalue weighted by molar-refractivity contribution is 7.46. The Hall–Kier alpha value is -0.950. The molecule has 0 unspecified atom stereocenters. The Labute approximate surface area is 219 Å². The SMILES string of the molecule is CCCCCCCCCCCCCCCC(=O)OC[C@H](COP(=O)(O)O)OC(=O)CCCCCCC. The number of phosphoric acid groups is 1. The molecule has 36 heavy (non-hydrogen) atoms. The molecule has 0 aromatic carbocycles. The number of carbonyl (C=O) groups is 2. The molecule has 0 spiro atoms. The van der Waals surface area contributed by atoms with Crippen molar-refractivity contribution in [3.63, 3.8) is 0 Å². The van der Waals surface area contributed by atoms with Crippen molar-refractivity contribution < 1.29 is 37.9 Å². The Kier molecular flexibility index (Phi) is 23.7.